The van der Waals surface area contributed by atoms with Crippen LogP contribution in [0.2, 0.25) is 0 Å². The smallest absolute Gasteiger partial charge is 0.255 e. The second kappa shape index (κ2) is 9.91. The number of halogens is 1. The largest absolute Gasteiger partial charge is 0.470 e. The molecule has 0 radical (unpaired) electrons. The van der Waals surface area contributed by atoms with Gasteiger partial charge in [-0.15, -0.1) is 6.58 Å². The predicted octanol–water partition coefficient (Wildman–Crippen LogP) is 7.23. The fourth-order valence-electron chi connectivity index (χ4n) is 5.15. The molecular weight excluding hydrogens is 527 g/mol. The first-order valence-electron chi connectivity index (χ1n) is 12.8. The Labute approximate surface area is 236 Å². The normalized spacial score (nSPS) is 12.1. The number of benzene rings is 2. The van der Waals surface area contributed by atoms with E-state index in [1.165, 1.54) is 6.07 Å². The first kappa shape index (κ1) is 25.8. The third kappa shape index (κ3) is 4.05. The Bertz CT molecular complexity index is 1860. The van der Waals surface area contributed by atoms with Crippen molar-refractivity contribution in [3.05, 3.63) is 84.9 Å². The highest BCUT2D eigenvalue weighted by molar-refractivity contribution is 7.81. The van der Waals surface area contributed by atoms with Crippen molar-refractivity contribution in [1.82, 2.24) is 14.9 Å². The minimum atomic E-state index is -0.298. The van der Waals surface area contributed by atoms with Gasteiger partial charge in [-0.05, 0) is 55.3 Å². The van der Waals surface area contributed by atoms with Crippen LogP contribution in [-0.2, 0) is 6.73 Å². The van der Waals surface area contributed by atoms with Gasteiger partial charge in [-0.1, -0.05) is 31.5 Å². The molecule has 4 heterocycles. The number of ether oxygens (including phenoxy) is 1. The number of allylic oxidation sites excluding steroid dienone is 1. The molecule has 0 bridgehead atoms. The molecule has 6 rings (SSSR count). The maximum atomic E-state index is 14.6. The van der Waals surface area contributed by atoms with E-state index in [0.717, 1.165) is 22.5 Å². The number of thiol groups is 1. The van der Waals surface area contributed by atoms with E-state index in [2.05, 4.69) is 18.5 Å². The Morgan fingerprint density at radius 2 is 2.08 bits per heavy atom. The van der Waals surface area contributed by atoms with E-state index in [4.69, 9.17) is 27.0 Å². The fraction of sp³-hybridized carbons (Fsp3) is 0.161. The lowest BCUT2D eigenvalue weighted by Gasteiger charge is -2.23. The molecule has 0 fully saturated rings. The number of anilines is 1. The zero-order valence-corrected chi connectivity index (χ0v) is 23.0. The molecule has 7 nitrogen and oxygen atoms in total. The molecule has 0 spiro atoms. The van der Waals surface area contributed by atoms with Crippen molar-refractivity contribution in [2.45, 2.75) is 20.1 Å². The number of fused-ring (bicyclic) bond motifs is 6. The van der Waals surface area contributed by atoms with Crippen molar-refractivity contribution in [3.8, 4) is 28.4 Å². The zero-order valence-electron chi connectivity index (χ0n) is 22.1. The van der Waals surface area contributed by atoms with Crippen LogP contribution in [0.1, 0.15) is 29.5 Å². The average molecular weight is 555 g/mol. The topological polar surface area (TPSA) is 72.5 Å². The number of hydrogen-bond acceptors (Lipinski definition) is 6. The summed E-state index contributed by atoms with van der Waals surface area (Å²) in [6.07, 6.45) is 2.53. The summed E-state index contributed by atoms with van der Waals surface area (Å²) < 4.78 is 30.5. The monoisotopic (exact) mass is 554 g/mol. The van der Waals surface area contributed by atoms with Crippen molar-refractivity contribution < 1.29 is 18.3 Å². The lowest BCUT2D eigenvalue weighted by Crippen LogP contribution is -2.18. The number of hydrogen-bond donors (Lipinski definition) is 2. The number of carbonyl (C=O) groups excluding carboxylic acids is 1. The number of carbonyl (C=O) groups is 1. The maximum absolute atomic E-state index is 14.6. The molecule has 1 amide bonds. The molecule has 1 aliphatic heterocycles. The van der Waals surface area contributed by atoms with E-state index in [1.54, 1.807) is 26.1 Å². The number of aromatic nitrogens is 2. The van der Waals surface area contributed by atoms with Crippen LogP contribution in [-0.4, -0.2) is 29.1 Å². The second-order valence-corrected chi connectivity index (χ2v) is 10.2. The number of furan rings is 1. The van der Waals surface area contributed by atoms with E-state index in [0.29, 0.717) is 63.4 Å². The summed E-state index contributed by atoms with van der Waals surface area (Å²) in [4.78, 5) is 18.0. The van der Waals surface area contributed by atoms with Gasteiger partial charge in [0, 0.05) is 36.0 Å². The van der Waals surface area contributed by atoms with Crippen molar-refractivity contribution in [3.63, 3.8) is 0 Å². The molecular formula is C31H27FN4O3S. The molecule has 2 aromatic carbocycles. The van der Waals surface area contributed by atoms with Gasteiger partial charge in [0.05, 0.1) is 28.2 Å². The molecule has 5 aromatic rings. The maximum Gasteiger partial charge on any atom is 0.255 e. The molecule has 0 unspecified atom stereocenters. The summed E-state index contributed by atoms with van der Waals surface area (Å²) >= 11 is 4.77. The van der Waals surface area contributed by atoms with E-state index in [9.17, 15) is 9.18 Å². The third-order valence-corrected chi connectivity index (χ3v) is 7.51. The highest BCUT2D eigenvalue weighted by atomic mass is 32.1. The van der Waals surface area contributed by atoms with E-state index >= 15 is 0 Å². The summed E-state index contributed by atoms with van der Waals surface area (Å²) in [6.45, 7) is 10.5. The standard InChI is InChI=1S/C31H27FN4O3S/c1-5-6-12-36(40)24-15-27-20(28(31(37)33-4)30(39-27)17(2)3)13-19(24)22-10-11-26-29(34-22)25-14-18-21(32)8-7-9-23(18)35(25)16-38-26/h5,7-11,13-15,40H,1-2,6,12,16H2,3-4H3,(H,33,37). The Morgan fingerprint density at radius 1 is 1.25 bits per heavy atom. The number of amides is 1. The van der Waals surface area contributed by atoms with Crippen LogP contribution in [0.4, 0.5) is 10.1 Å². The molecule has 0 aliphatic carbocycles. The molecule has 1 N–H and O–H groups in total. The Morgan fingerprint density at radius 3 is 2.83 bits per heavy atom. The van der Waals surface area contributed by atoms with Gasteiger partial charge in [0.15, 0.2) is 6.73 Å². The predicted molar refractivity (Wildman–Crippen MR) is 160 cm³/mol. The highest BCUT2D eigenvalue weighted by Gasteiger charge is 2.26. The number of nitrogens with one attached hydrogen (secondary N) is 1. The Kier molecular flexibility index (Phi) is 6.38. The minimum Gasteiger partial charge on any atom is -0.470 e. The first-order valence-corrected chi connectivity index (χ1v) is 13.2. The fourth-order valence-corrected chi connectivity index (χ4v) is 5.43. The van der Waals surface area contributed by atoms with Gasteiger partial charge in [0.2, 0.25) is 0 Å². The van der Waals surface area contributed by atoms with Crippen LogP contribution in [0.5, 0.6) is 5.75 Å². The summed E-state index contributed by atoms with van der Waals surface area (Å²) in [7, 11) is 1.58. The Balaban J connectivity index is 1.59. The van der Waals surface area contributed by atoms with E-state index < -0.39 is 0 Å². The van der Waals surface area contributed by atoms with Gasteiger partial charge in [-0.3, -0.25) is 4.79 Å². The van der Waals surface area contributed by atoms with Gasteiger partial charge in [0.25, 0.3) is 5.91 Å². The lowest BCUT2D eigenvalue weighted by atomic mass is 10.0. The minimum absolute atomic E-state index is 0.258. The van der Waals surface area contributed by atoms with Crippen LogP contribution in [0.25, 0.3) is 50.1 Å². The zero-order chi connectivity index (χ0) is 28.1. The highest BCUT2D eigenvalue weighted by Crippen LogP contribution is 2.43. The quantitative estimate of drug-likeness (QED) is 0.164. The third-order valence-electron chi connectivity index (χ3n) is 7.09. The van der Waals surface area contributed by atoms with Crippen LogP contribution >= 0.6 is 12.8 Å². The summed E-state index contributed by atoms with van der Waals surface area (Å²) in [6, 6.07) is 14.3. The molecule has 0 saturated carbocycles. The summed E-state index contributed by atoms with van der Waals surface area (Å²) in [5.41, 5.74) is 5.81. The van der Waals surface area contributed by atoms with Gasteiger partial charge in [-0.2, -0.15) is 0 Å². The molecule has 202 valence electrons. The first-order chi connectivity index (χ1) is 19.3. The van der Waals surface area contributed by atoms with E-state index in [-0.39, 0.29) is 18.5 Å². The lowest BCUT2D eigenvalue weighted by molar-refractivity contribution is 0.0963. The SMILES string of the molecule is C=CCCN(S)c1cc2oc(C(=C)C)c(C(=O)NC)c2cc1-c1ccc2c(n1)-c1cc3c(F)cccc3n1CO2. The summed E-state index contributed by atoms with van der Waals surface area (Å²) in [5, 5.41) is 3.85. The van der Waals surface area contributed by atoms with Crippen molar-refractivity contribution >= 4 is 51.9 Å². The number of rotatable bonds is 7. The molecule has 1 aliphatic rings. The van der Waals surface area contributed by atoms with Crippen molar-refractivity contribution in [2.75, 3.05) is 17.9 Å². The van der Waals surface area contributed by atoms with Crippen LogP contribution in [0, 0.1) is 5.82 Å². The van der Waals surface area contributed by atoms with Crippen LogP contribution < -0.4 is 14.4 Å². The van der Waals surface area contributed by atoms with Gasteiger partial charge >= 0.3 is 0 Å². The van der Waals surface area contributed by atoms with Gasteiger partial charge < -0.3 is 23.3 Å². The number of pyridine rings is 1. The van der Waals surface area contributed by atoms with Crippen LogP contribution in [0.15, 0.2) is 72.2 Å². The molecule has 3 aromatic heterocycles. The van der Waals surface area contributed by atoms with Crippen molar-refractivity contribution in [1.29, 1.82) is 0 Å². The molecule has 0 atom stereocenters. The van der Waals surface area contributed by atoms with Crippen molar-refractivity contribution in [2.24, 2.45) is 0 Å². The Hall–Kier alpha value is -4.50. The second-order valence-electron chi connectivity index (χ2n) is 9.68. The number of nitrogens with zero attached hydrogens (tertiary/aromatic N) is 3. The molecule has 40 heavy (non-hydrogen) atoms. The van der Waals surface area contributed by atoms with Gasteiger partial charge in [-0.25, -0.2) is 9.37 Å². The summed E-state index contributed by atoms with van der Waals surface area (Å²) in [5.74, 6) is 0.457. The molecule has 9 heteroatoms. The molecule has 0 saturated heterocycles. The van der Waals surface area contributed by atoms with Crippen LogP contribution in [0.3, 0.4) is 0 Å². The average Bonchev–Trinajstić information content (AvgIpc) is 3.54. The van der Waals surface area contributed by atoms with Gasteiger partial charge in [0.1, 0.15) is 28.6 Å². The van der Waals surface area contributed by atoms with E-state index in [1.807, 2.05) is 45.3 Å².